The van der Waals surface area contributed by atoms with Gasteiger partial charge < -0.3 is 14.2 Å². The number of nitrogens with zero attached hydrogens (tertiary/aromatic N) is 5. The number of ether oxygens (including phenoxy) is 1. The number of hydrogen-bond acceptors (Lipinski definition) is 5. The first-order valence-electron chi connectivity index (χ1n) is 9.62. The fourth-order valence-electron chi connectivity index (χ4n) is 3.74. The summed E-state index contributed by atoms with van der Waals surface area (Å²) in [6.07, 6.45) is 0. The van der Waals surface area contributed by atoms with Crippen molar-refractivity contribution in [2.45, 2.75) is 33.9 Å². The predicted octanol–water partition coefficient (Wildman–Crippen LogP) is 2.10. The third kappa shape index (κ3) is 2.80. The van der Waals surface area contributed by atoms with Gasteiger partial charge in [0.15, 0.2) is 11.2 Å². The summed E-state index contributed by atoms with van der Waals surface area (Å²) in [5.74, 6) is 1.70. The van der Waals surface area contributed by atoms with Gasteiger partial charge in [0.1, 0.15) is 5.75 Å². The molecule has 1 aliphatic rings. The van der Waals surface area contributed by atoms with Crippen LogP contribution in [0.1, 0.15) is 20.8 Å². The van der Waals surface area contributed by atoms with Gasteiger partial charge in [0.2, 0.25) is 5.95 Å². The van der Waals surface area contributed by atoms with E-state index in [4.69, 9.17) is 4.74 Å². The van der Waals surface area contributed by atoms with Gasteiger partial charge in [-0.05, 0) is 37.1 Å². The molecule has 1 aromatic carbocycles. The van der Waals surface area contributed by atoms with Crippen molar-refractivity contribution in [3.63, 3.8) is 0 Å². The normalized spacial score (nSPS) is 13.5. The molecule has 0 N–H and O–H groups in total. The Balaban J connectivity index is 1.84. The number of rotatable bonds is 5. The molecule has 0 atom stereocenters. The fourth-order valence-corrected chi connectivity index (χ4v) is 3.74. The summed E-state index contributed by atoms with van der Waals surface area (Å²) in [7, 11) is 1.67. The van der Waals surface area contributed by atoms with Crippen molar-refractivity contribution in [3.8, 4) is 5.75 Å². The monoisotopic (exact) mass is 383 g/mol. The standard InChI is InChI=1S/C20H25N5O3/c1-5-28-15-8-6-14(7-9-15)23-10-11-24-16-17(21-19(23)24)22(4)20(27)25(18(16)26)12-13(2)3/h6-9,13H,5,10-12H2,1-4H3. The van der Waals surface area contributed by atoms with Crippen LogP contribution in [0.25, 0.3) is 11.2 Å². The first kappa shape index (κ1) is 18.3. The van der Waals surface area contributed by atoms with Crippen LogP contribution in [0.5, 0.6) is 5.75 Å². The molecule has 0 saturated heterocycles. The van der Waals surface area contributed by atoms with Gasteiger partial charge in [-0.1, -0.05) is 13.8 Å². The molecule has 1 aliphatic heterocycles. The SMILES string of the molecule is CCOc1ccc(N2CCn3c2nc2c3c(=O)n(CC(C)C)c(=O)n2C)cc1. The van der Waals surface area contributed by atoms with Gasteiger partial charge in [0.05, 0.1) is 6.61 Å². The zero-order valence-corrected chi connectivity index (χ0v) is 16.7. The Bertz CT molecular complexity index is 1140. The van der Waals surface area contributed by atoms with Crippen molar-refractivity contribution in [2.24, 2.45) is 13.0 Å². The molecule has 3 heterocycles. The van der Waals surface area contributed by atoms with Crippen LogP contribution in [-0.4, -0.2) is 31.8 Å². The van der Waals surface area contributed by atoms with E-state index < -0.39 is 0 Å². The van der Waals surface area contributed by atoms with Crippen molar-refractivity contribution in [3.05, 3.63) is 45.1 Å². The van der Waals surface area contributed by atoms with Crippen LogP contribution in [0.2, 0.25) is 0 Å². The molecule has 0 aliphatic carbocycles. The van der Waals surface area contributed by atoms with E-state index in [0.717, 1.165) is 18.0 Å². The molecular weight excluding hydrogens is 358 g/mol. The summed E-state index contributed by atoms with van der Waals surface area (Å²) in [5, 5.41) is 0. The van der Waals surface area contributed by atoms with Crippen LogP contribution in [0, 0.1) is 5.92 Å². The van der Waals surface area contributed by atoms with Gasteiger partial charge in [-0.15, -0.1) is 0 Å². The maximum atomic E-state index is 13.1. The van der Waals surface area contributed by atoms with E-state index in [1.54, 1.807) is 7.05 Å². The highest BCUT2D eigenvalue weighted by molar-refractivity contribution is 5.77. The number of benzene rings is 1. The van der Waals surface area contributed by atoms with Gasteiger partial charge >= 0.3 is 5.69 Å². The first-order valence-corrected chi connectivity index (χ1v) is 9.62. The van der Waals surface area contributed by atoms with E-state index in [1.807, 2.05) is 49.6 Å². The van der Waals surface area contributed by atoms with Crippen LogP contribution in [0.4, 0.5) is 11.6 Å². The van der Waals surface area contributed by atoms with Gasteiger partial charge in [-0.25, -0.2) is 4.79 Å². The number of imidazole rings is 1. The zero-order valence-electron chi connectivity index (χ0n) is 16.7. The van der Waals surface area contributed by atoms with E-state index >= 15 is 0 Å². The van der Waals surface area contributed by atoms with Crippen molar-refractivity contribution in [1.29, 1.82) is 0 Å². The summed E-state index contributed by atoms with van der Waals surface area (Å²) in [4.78, 5) is 32.5. The Morgan fingerprint density at radius 1 is 1.14 bits per heavy atom. The minimum absolute atomic E-state index is 0.198. The highest BCUT2D eigenvalue weighted by Gasteiger charge is 2.28. The Hall–Kier alpha value is -3.03. The molecule has 0 saturated carbocycles. The van der Waals surface area contributed by atoms with Crippen molar-refractivity contribution < 1.29 is 4.74 Å². The second-order valence-corrected chi connectivity index (χ2v) is 7.47. The summed E-state index contributed by atoms with van der Waals surface area (Å²) in [5.41, 5.74) is 1.31. The quantitative estimate of drug-likeness (QED) is 0.675. The minimum Gasteiger partial charge on any atom is -0.494 e. The Morgan fingerprint density at radius 2 is 1.86 bits per heavy atom. The summed E-state index contributed by atoms with van der Waals surface area (Å²) >= 11 is 0. The van der Waals surface area contributed by atoms with E-state index in [-0.39, 0.29) is 17.2 Å². The van der Waals surface area contributed by atoms with Gasteiger partial charge in [0.25, 0.3) is 5.56 Å². The summed E-state index contributed by atoms with van der Waals surface area (Å²) in [6, 6.07) is 7.82. The topological polar surface area (TPSA) is 74.3 Å². The fraction of sp³-hybridized carbons (Fsp3) is 0.450. The number of hydrogen-bond donors (Lipinski definition) is 0. The molecule has 0 spiro atoms. The van der Waals surface area contributed by atoms with Crippen LogP contribution in [0.15, 0.2) is 33.9 Å². The van der Waals surface area contributed by atoms with E-state index in [9.17, 15) is 9.59 Å². The van der Waals surface area contributed by atoms with Crippen LogP contribution < -0.4 is 20.9 Å². The Labute approximate surface area is 162 Å². The molecule has 0 unspecified atom stereocenters. The number of aryl methyl sites for hydroxylation is 1. The second kappa shape index (κ2) is 6.85. The lowest BCUT2D eigenvalue weighted by Gasteiger charge is -2.16. The molecule has 28 heavy (non-hydrogen) atoms. The van der Waals surface area contributed by atoms with Gasteiger partial charge in [-0.2, -0.15) is 4.98 Å². The maximum absolute atomic E-state index is 13.1. The van der Waals surface area contributed by atoms with Gasteiger partial charge in [0, 0.05) is 32.4 Å². The molecule has 0 radical (unpaired) electrons. The summed E-state index contributed by atoms with van der Waals surface area (Å²) < 4.78 is 10.2. The smallest absolute Gasteiger partial charge is 0.332 e. The Morgan fingerprint density at radius 3 is 2.50 bits per heavy atom. The number of fused-ring (bicyclic) bond motifs is 3. The third-order valence-corrected chi connectivity index (χ3v) is 5.01. The van der Waals surface area contributed by atoms with Crippen molar-refractivity contribution in [2.75, 3.05) is 18.1 Å². The molecule has 3 aromatic rings. The van der Waals surface area contributed by atoms with E-state index in [1.165, 1.54) is 9.13 Å². The largest absolute Gasteiger partial charge is 0.494 e. The molecule has 0 fully saturated rings. The molecule has 4 rings (SSSR count). The first-order chi connectivity index (χ1) is 13.4. The van der Waals surface area contributed by atoms with Crippen LogP contribution >= 0.6 is 0 Å². The van der Waals surface area contributed by atoms with Crippen molar-refractivity contribution in [1.82, 2.24) is 18.7 Å². The maximum Gasteiger partial charge on any atom is 0.332 e. The lowest BCUT2D eigenvalue weighted by molar-refractivity contribution is 0.340. The average molecular weight is 383 g/mol. The molecule has 2 aromatic heterocycles. The highest BCUT2D eigenvalue weighted by atomic mass is 16.5. The highest BCUT2D eigenvalue weighted by Crippen LogP contribution is 2.32. The average Bonchev–Trinajstić information content (AvgIpc) is 3.23. The molecule has 8 nitrogen and oxygen atoms in total. The van der Waals surface area contributed by atoms with Crippen molar-refractivity contribution >= 4 is 22.8 Å². The number of aromatic nitrogens is 4. The molecule has 0 amide bonds. The van der Waals surface area contributed by atoms with E-state index in [2.05, 4.69) is 9.88 Å². The predicted molar refractivity (Wildman–Crippen MR) is 109 cm³/mol. The molecule has 148 valence electrons. The van der Waals surface area contributed by atoms with Crippen LogP contribution in [0.3, 0.4) is 0 Å². The van der Waals surface area contributed by atoms with Gasteiger partial charge in [-0.3, -0.25) is 13.9 Å². The molecular formula is C20H25N5O3. The minimum atomic E-state index is -0.324. The summed E-state index contributed by atoms with van der Waals surface area (Å²) in [6.45, 7) is 8.31. The Kier molecular flexibility index (Phi) is 4.49. The number of anilines is 2. The second-order valence-electron chi connectivity index (χ2n) is 7.47. The molecule has 0 bridgehead atoms. The van der Waals surface area contributed by atoms with E-state index in [0.29, 0.717) is 36.8 Å². The zero-order chi connectivity index (χ0) is 20.0. The van der Waals surface area contributed by atoms with Crippen LogP contribution in [-0.2, 0) is 20.1 Å². The lowest BCUT2D eigenvalue weighted by atomic mass is 10.2. The third-order valence-electron chi connectivity index (χ3n) is 5.01. The molecule has 8 heteroatoms. The lowest BCUT2D eigenvalue weighted by Crippen LogP contribution is -2.40.